The van der Waals surface area contributed by atoms with E-state index >= 15 is 0 Å². The Morgan fingerprint density at radius 1 is 1.25 bits per heavy atom. The number of hydrogen-bond acceptors (Lipinski definition) is 2. The zero-order valence-electron chi connectivity index (χ0n) is 8.01. The molecule has 3 heteroatoms. The lowest BCUT2D eigenvalue weighted by atomic mass is 10.1. The Morgan fingerprint density at radius 3 is 2.42 bits per heavy atom. The van der Waals surface area contributed by atoms with Gasteiger partial charge >= 0.3 is 0 Å². The molecule has 0 aliphatic carbocycles. The number of rotatable bonds is 0. The molecule has 0 aromatic heterocycles. The predicted molar refractivity (Wildman–Crippen MR) is 52.2 cm³/mol. The molecule has 12 heavy (non-hydrogen) atoms. The average Bonchev–Trinajstić information content (AvgIpc) is 2.46. The topological polar surface area (TPSA) is 9.23 Å². The van der Waals surface area contributed by atoms with E-state index in [2.05, 4.69) is 14.1 Å². The van der Waals surface area contributed by atoms with E-state index in [1.165, 1.54) is 36.2 Å². The van der Waals surface area contributed by atoms with Crippen molar-refractivity contribution >= 4 is 11.8 Å². The van der Waals surface area contributed by atoms with E-state index in [4.69, 9.17) is 4.74 Å². The van der Waals surface area contributed by atoms with Crippen LogP contribution >= 0.6 is 11.8 Å². The van der Waals surface area contributed by atoms with Gasteiger partial charge in [-0.25, -0.2) is 0 Å². The van der Waals surface area contributed by atoms with Crippen LogP contribution in [0.4, 0.5) is 0 Å². The number of piperidine rings is 1. The van der Waals surface area contributed by atoms with Gasteiger partial charge in [-0.3, -0.25) is 0 Å². The van der Waals surface area contributed by atoms with Crippen LogP contribution in [0.15, 0.2) is 0 Å². The molecular formula is C9H18NOS+. The van der Waals surface area contributed by atoms with Crippen LogP contribution in [0.3, 0.4) is 0 Å². The summed E-state index contributed by atoms with van der Waals surface area (Å²) in [5.41, 5.74) is 0. The summed E-state index contributed by atoms with van der Waals surface area (Å²) in [6, 6.07) is 0. The Morgan fingerprint density at radius 2 is 1.92 bits per heavy atom. The van der Waals surface area contributed by atoms with Gasteiger partial charge in [0.25, 0.3) is 0 Å². The quantitative estimate of drug-likeness (QED) is 0.530. The maximum absolute atomic E-state index is 5.83. The minimum atomic E-state index is 0.230. The van der Waals surface area contributed by atoms with Crippen molar-refractivity contribution in [1.29, 1.82) is 0 Å². The first-order chi connectivity index (χ1) is 5.62. The van der Waals surface area contributed by atoms with Crippen LogP contribution in [0, 0.1) is 0 Å². The smallest absolute Gasteiger partial charge is 0.124 e. The molecule has 0 aromatic carbocycles. The maximum atomic E-state index is 5.83. The van der Waals surface area contributed by atoms with Crippen molar-refractivity contribution in [3.8, 4) is 0 Å². The van der Waals surface area contributed by atoms with Crippen LogP contribution < -0.4 is 0 Å². The van der Waals surface area contributed by atoms with E-state index in [-0.39, 0.29) is 4.93 Å². The normalized spacial score (nSPS) is 32.5. The van der Waals surface area contributed by atoms with Crippen molar-refractivity contribution in [1.82, 2.24) is 0 Å². The maximum Gasteiger partial charge on any atom is 0.124 e. The molecule has 0 saturated carbocycles. The molecule has 70 valence electrons. The van der Waals surface area contributed by atoms with E-state index in [0.717, 1.165) is 6.61 Å². The molecule has 0 N–H and O–H groups in total. The number of thioether (sulfide) groups is 1. The molecule has 2 saturated heterocycles. The molecule has 0 radical (unpaired) electrons. The second kappa shape index (κ2) is 2.89. The van der Waals surface area contributed by atoms with Gasteiger partial charge in [0.05, 0.1) is 33.8 Å². The molecule has 0 unspecified atom stereocenters. The van der Waals surface area contributed by atoms with Gasteiger partial charge in [0.1, 0.15) is 4.93 Å². The van der Waals surface area contributed by atoms with Gasteiger partial charge in [-0.15, -0.1) is 11.8 Å². The third-order valence-electron chi connectivity index (χ3n) is 3.01. The minimum absolute atomic E-state index is 0.230. The molecule has 2 nitrogen and oxygen atoms in total. The van der Waals surface area contributed by atoms with Crippen molar-refractivity contribution in [3.05, 3.63) is 0 Å². The van der Waals surface area contributed by atoms with Gasteiger partial charge in [-0.2, -0.15) is 0 Å². The Hall–Kier alpha value is 0.270. The summed E-state index contributed by atoms with van der Waals surface area (Å²) < 4.78 is 7.00. The third-order valence-corrected chi connectivity index (χ3v) is 4.43. The largest absolute Gasteiger partial charge is 0.363 e. The molecule has 1 spiro atoms. The van der Waals surface area contributed by atoms with Crippen LogP contribution in [0.2, 0.25) is 0 Å². The molecular weight excluding hydrogens is 170 g/mol. The lowest BCUT2D eigenvalue weighted by molar-refractivity contribution is -0.896. The highest BCUT2D eigenvalue weighted by atomic mass is 32.2. The predicted octanol–water partition coefficient (Wildman–Crippen LogP) is 1.32. The summed E-state index contributed by atoms with van der Waals surface area (Å²) in [5, 5.41) is 0. The van der Waals surface area contributed by atoms with Crippen molar-refractivity contribution < 1.29 is 9.22 Å². The number of nitrogens with zero attached hydrogens (tertiary/aromatic N) is 1. The van der Waals surface area contributed by atoms with Crippen molar-refractivity contribution in [3.63, 3.8) is 0 Å². The van der Waals surface area contributed by atoms with E-state index < -0.39 is 0 Å². The summed E-state index contributed by atoms with van der Waals surface area (Å²) in [6.07, 6.45) is 2.48. The fourth-order valence-corrected chi connectivity index (χ4v) is 3.15. The summed E-state index contributed by atoms with van der Waals surface area (Å²) in [5.74, 6) is 1.20. The van der Waals surface area contributed by atoms with Crippen molar-refractivity contribution in [2.45, 2.75) is 17.8 Å². The average molecular weight is 188 g/mol. The molecule has 2 aliphatic heterocycles. The molecule has 2 fully saturated rings. The zero-order chi connectivity index (χ0) is 8.66. The first-order valence-corrected chi connectivity index (χ1v) is 5.71. The van der Waals surface area contributed by atoms with E-state index in [0.29, 0.717) is 0 Å². The summed E-state index contributed by atoms with van der Waals surface area (Å²) in [4.78, 5) is 0.230. The summed E-state index contributed by atoms with van der Waals surface area (Å²) in [6.45, 7) is 3.51. The third kappa shape index (κ3) is 1.63. The first kappa shape index (κ1) is 8.85. The Balaban J connectivity index is 1.97. The molecule has 2 heterocycles. The number of hydrogen-bond donors (Lipinski definition) is 0. The fourth-order valence-electron chi connectivity index (χ4n) is 1.97. The highest BCUT2D eigenvalue weighted by Crippen LogP contribution is 2.42. The molecule has 0 atom stereocenters. The first-order valence-electron chi connectivity index (χ1n) is 4.72. The summed E-state index contributed by atoms with van der Waals surface area (Å²) >= 11 is 2.03. The van der Waals surface area contributed by atoms with Crippen LogP contribution in [0.25, 0.3) is 0 Å². The standard InChI is InChI=1S/C9H18NOS/c1-10(2)5-3-9(4-6-10)11-7-8-12-9/h3-8H2,1-2H3/q+1. The van der Waals surface area contributed by atoms with E-state index in [9.17, 15) is 0 Å². The number of quaternary nitrogens is 1. The highest BCUT2D eigenvalue weighted by Gasteiger charge is 2.42. The van der Waals surface area contributed by atoms with Gasteiger partial charge in [0.2, 0.25) is 0 Å². The Bertz CT molecular complexity index is 163. The van der Waals surface area contributed by atoms with Gasteiger partial charge in [0.15, 0.2) is 0 Å². The Kier molecular flexibility index (Phi) is 2.13. The van der Waals surface area contributed by atoms with Gasteiger partial charge in [0, 0.05) is 18.6 Å². The second-order valence-electron chi connectivity index (χ2n) is 4.49. The minimum Gasteiger partial charge on any atom is -0.363 e. The number of ether oxygens (including phenoxy) is 1. The van der Waals surface area contributed by atoms with E-state index in [1.54, 1.807) is 0 Å². The molecule has 2 rings (SSSR count). The van der Waals surface area contributed by atoms with E-state index in [1.807, 2.05) is 11.8 Å². The van der Waals surface area contributed by atoms with Gasteiger partial charge in [-0.05, 0) is 0 Å². The zero-order valence-corrected chi connectivity index (χ0v) is 8.82. The van der Waals surface area contributed by atoms with Gasteiger partial charge < -0.3 is 9.22 Å². The monoisotopic (exact) mass is 188 g/mol. The molecule has 0 aromatic rings. The lowest BCUT2D eigenvalue weighted by Crippen LogP contribution is -2.51. The summed E-state index contributed by atoms with van der Waals surface area (Å²) in [7, 11) is 4.62. The van der Waals surface area contributed by atoms with Gasteiger partial charge in [-0.1, -0.05) is 0 Å². The Labute approximate surface area is 78.9 Å². The van der Waals surface area contributed by atoms with Crippen LogP contribution in [0.1, 0.15) is 12.8 Å². The highest BCUT2D eigenvalue weighted by molar-refractivity contribution is 8.00. The molecule has 0 amide bonds. The second-order valence-corrected chi connectivity index (χ2v) is 5.93. The lowest BCUT2D eigenvalue weighted by Gasteiger charge is -2.41. The van der Waals surface area contributed by atoms with Crippen molar-refractivity contribution in [2.24, 2.45) is 0 Å². The van der Waals surface area contributed by atoms with Crippen LogP contribution in [-0.2, 0) is 4.74 Å². The fraction of sp³-hybridized carbons (Fsp3) is 1.00. The molecule has 2 aliphatic rings. The van der Waals surface area contributed by atoms with Crippen molar-refractivity contribution in [2.75, 3.05) is 39.5 Å². The number of likely N-dealkylation sites (tertiary alicyclic amines) is 1. The van der Waals surface area contributed by atoms with Crippen LogP contribution in [-0.4, -0.2) is 49.0 Å². The SMILES string of the molecule is C[N+]1(C)CCC2(CC1)OCCS2. The van der Waals surface area contributed by atoms with Crippen LogP contribution in [0.5, 0.6) is 0 Å². The molecule has 0 bridgehead atoms.